The van der Waals surface area contributed by atoms with E-state index in [-0.39, 0.29) is 24.6 Å². The molecule has 3 aromatic rings. The van der Waals surface area contributed by atoms with E-state index in [9.17, 15) is 24.5 Å². The normalized spacial score (nSPS) is 14.9. The molecular weight excluding hydrogens is 454 g/mol. The molecule has 0 bridgehead atoms. The Morgan fingerprint density at radius 2 is 1.63 bits per heavy atom. The van der Waals surface area contributed by atoms with Crippen LogP contribution < -0.4 is 15.0 Å². The average molecular weight is 475 g/mol. The number of carbonyl (C=O) groups excluding carboxylic acids is 3. The number of nitro groups is 1. The van der Waals surface area contributed by atoms with E-state index >= 15 is 0 Å². The van der Waals surface area contributed by atoms with Crippen LogP contribution in [0.25, 0.3) is 0 Å². The molecule has 1 saturated heterocycles. The van der Waals surface area contributed by atoms with Gasteiger partial charge in [-0.05, 0) is 48.5 Å². The number of para-hydroxylation sites is 1. The summed E-state index contributed by atoms with van der Waals surface area (Å²) in [6.45, 7) is -0.427. The van der Waals surface area contributed by atoms with Crippen LogP contribution in [0.15, 0.2) is 78.9 Å². The lowest BCUT2D eigenvalue weighted by molar-refractivity contribution is -0.384. The van der Waals surface area contributed by atoms with Crippen LogP contribution >= 0.6 is 0 Å². The number of amides is 2. The molecule has 0 aromatic heterocycles. The lowest BCUT2D eigenvalue weighted by Crippen LogP contribution is -2.28. The Labute approximate surface area is 200 Å². The lowest BCUT2D eigenvalue weighted by atomic mass is 10.1. The number of nitrogens with zero attached hydrogens (tertiary/aromatic N) is 2. The van der Waals surface area contributed by atoms with Crippen molar-refractivity contribution in [3.8, 4) is 11.5 Å². The van der Waals surface area contributed by atoms with E-state index in [1.165, 1.54) is 29.2 Å². The van der Waals surface area contributed by atoms with Gasteiger partial charge in [-0.15, -0.1) is 0 Å². The van der Waals surface area contributed by atoms with Crippen LogP contribution in [-0.4, -0.2) is 35.9 Å². The second-order valence-corrected chi connectivity index (χ2v) is 7.77. The summed E-state index contributed by atoms with van der Waals surface area (Å²) in [6.07, 6.45) is -0.0691. The highest BCUT2D eigenvalue weighted by molar-refractivity contribution is 6.00. The summed E-state index contributed by atoms with van der Waals surface area (Å²) in [5, 5.41) is 13.4. The van der Waals surface area contributed by atoms with Crippen LogP contribution in [0, 0.1) is 16.0 Å². The van der Waals surface area contributed by atoms with Gasteiger partial charge in [0.2, 0.25) is 5.91 Å². The number of ether oxygens (including phenoxy) is 2. The third-order valence-electron chi connectivity index (χ3n) is 5.29. The molecule has 1 aliphatic heterocycles. The molecule has 2 amide bonds. The Bertz CT molecular complexity index is 1230. The summed E-state index contributed by atoms with van der Waals surface area (Å²) in [5.74, 6) is -0.933. The second-order valence-electron chi connectivity index (χ2n) is 7.77. The third kappa shape index (κ3) is 5.99. The number of hydrogen-bond acceptors (Lipinski definition) is 7. The molecule has 4 rings (SSSR count). The van der Waals surface area contributed by atoms with Crippen molar-refractivity contribution in [2.24, 2.45) is 5.92 Å². The number of carbonyl (C=O) groups is 3. The molecule has 1 fully saturated rings. The van der Waals surface area contributed by atoms with Crippen LogP contribution in [0.1, 0.15) is 6.42 Å². The summed E-state index contributed by atoms with van der Waals surface area (Å²) in [7, 11) is 0. The molecule has 1 aliphatic rings. The number of anilines is 2. The van der Waals surface area contributed by atoms with E-state index in [1.54, 1.807) is 24.3 Å². The van der Waals surface area contributed by atoms with E-state index in [0.29, 0.717) is 22.9 Å². The number of nitro benzene ring substituents is 1. The van der Waals surface area contributed by atoms with Gasteiger partial charge in [0, 0.05) is 36.5 Å². The van der Waals surface area contributed by atoms with Crippen LogP contribution in [0.4, 0.5) is 17.1 Å². The maximum atomic E-state index is 12.4. The van der Waals surface area contributed by atoms with Crippen molar-refractivity contribution in [1.29, 1.82) is 0 Å². The number of hydrogen-bond donors (Lipinski definition) is 1. The SMILES string of the molecule is O=C(COC(=O)[C@H]1CC(=O)N(c2ccc([N+](=O)[O-])cc2)C1)Nc1ccc(Oc2ccccc2)cc1. The van der Waals surface area contributed by atoms with E-state index in [1.807, 2.05) is 30.3 Å². The van der Waals surface area contributed by atoms with Gasteiger partial charge in [0.05, 0.1) is 10.8 Å². The Balaban J connectivity index is 1.25. The number of nitrogens with one attached hydrogen (secondary N) is 1. The fraction of sp³-hybridized carbons (Fsp3) is 0.160. The summed E-state index contributed by atoms with van der Waals surface area (Å²) in [5.41, 5.74) is 0.862. The molecule has 178 valence electrons. The molecule has 0 unspecified atom stereocenters. The van der Waals surface area contributed by atoms with Gasteiger partial charge in [0.15, 0.2) is 6.61 Å². The molecule has 3 aromatic carbocycles. The van der Waals surface area contributed by atoms with E-state index < -0.39 is 29.3 Å². The highest BCUT2D eigenvalue weighted by Crippen LogP contribution is 2.27. The van der Waals surface area contributed by atoms with Crippen molar-refractivity contribution in [1.82, 2.24) is 0 Å². The molecule has 1 atom stereocenters. The van der Waals surface area contributed by atoms with Gasteiger partial charge >= 0.3 is 5.97 Å². The number of esters is 1. The van der Waals surface area contributed by atoms with Crippen LogP contribution in [0.2, 0.25) is 0 Å². The van der Waals surface area contributed by atoms with Gasteiger partial charge < -0.3 is 19.7 Å². The van der Waals surface area contributed by atoms with Gasteiger partial charge in [0.25, 0.3) is 11.6 Å². The summed E-state index contributed by atoms with van der Waals surface area (Å²) in [6, 6.07) is 21.5. The van der Waals surface area contributed by atoms with Gasteiger partial charge in [0.1, 0.15) is 11.5 Å². The summed E-state index contributed by atoms with van der Waals surface area (Å²) in [4.78, 5) is 48.5. The minimum absolute atomic E-state index is 0.0691. The Morgan fingerprint density at radius 1 is 0.971 bits per heavy atom. The van der Waals surface area contributed by atoms with E-state index in [4.69, 9.17) is 9.47 Å². The summed E-state index contributed by atoms with van der Waals surface area (Å²) < 4.78 is 10.8. The maximum Gasteiger partial charge on any atom is 0.311 e. The number of rotatable bonds is 8. The van der Waals surface area contributed by atoms with Gasteiger partial charge in [-0.2, -0.15) is 0 Å². The van der Waals surface area contributed by atoms with Crippen molar-refractivity contribution >= 4 is 34.8 Å². The number of benzene rings is 3. The minimum Gasteiger partial charge on any atom is -0.457 e. The largest absolute Gasteiger partial charge is 0.457 e. The van der Waals surface area contributed by atoms with Crippen molar-refractivity contribution in [3.05, 3.63) is 89.0 Å². The zero-order chi connectivity index (χ0) is 24.8. The van der Waals surface area contributed by atoms with Gasteiger partial charge in [-0.3, -0.25) is 24.5 Å². The van der Waals surface area contributed by atoms with Crippen LogP contribution in [0.3, 0.4) is 0 Å². The van der Waals surface area contributed by atoms with Gasteiger partial charge in [-0.1, -0.05) is 18.2 Å². The van der Waals surface area contributed by atoms with Crippen molar-refractivity contribution in [2.45, 2.75) is 6.42 Å². The second kappa shape index (κ2) is 10.5. The smallest absolute Gasteiger partial charge is 0.311 e. The first kappa shape index (κ1) is 23.4. The molecule has 10 nitrogen and oxygen atoms in total. The van der Waals surface area contributed by atoms with E-state index in [2.05, 4.69) is 5.32 Å². The average Bonchev–Trinajstić information content (AvgIpc) is 3.26. The fourth-order valence-corrected chi connectivity index (χ4v) is 3.55. The third-order valence-corrected chi connectivity index (χ3v) is 5.29. The monoisotopic (exact) mass is 475 g/mol. The molecule has 0 spiro atoms. The molecule has 0 aliphatic carbocycles. The van der Waals surface area contributed by atoms with Crippen molar-refractivity contribution in [3.63, 3.8) is 0 Å². The van der Waals surface area contributed by atoms with Crippen molar-refractivity contribution < 1.29 is 28.8 Å². The molecule has 10 heteroatoms. The zero-order valence-corrected chi connectivity index (χ0v) is 18.5. The highest BCUT2D eigenvalue weighted by atomic mass is 16.6. The minimum atomic E-state index is -0.736. The maximum absolute atomic E-state index is 12.4. The Kier molecular flexibility index (Phi) is 7.01. The fourth-order valence-electron chi connectivity index (χ4n) is 3.55. The molecule has 1 heterocycles. The highest BCUT2D eigenvalue weighted by Gasteiger charge is 2.36. The standard InChI is InChI=1S/C25H21N3O7/c29-23(26-18-6-12-22(13-7-18)35-21-4-2-1-3-5-21)16-34-25(31)17-14-24(30)27(15-17)19-8-10-20(11-9-19)28(32)33/h1-13,17H,14-16H2,(H,26,29)/t17-/m0/s1. The van der Waals surface area contributed by atoms with Crippen LogP contribution in [0.5, 0.6) is 11.5 Å². The molecular formula is C25H21N3O7. The Morgan fingerprint density at radius 3 is 2.29 bits per heavy atom. The first-order valence-electron chi connectivity index (χ1n) is 10.7. The van der Waals surface area contributed by atoms with Crippen molar-refractivity contribution in [2.75, 3.05) is 23.4 Å². The lowest BCUT2D eigenvalue weighted by Gasteiger charge is -2.16. The topological polar surface area (TPSA) is 128 Å². The van der Waals surface area contributed by atoms with E-state index in [0.717, 1.165) is 0 Å². The number of non-ortho nitro benzene ring substituents is 1. The molecule has 0 saturated carbocycles. The Hall–Kier alpha value is -4.73. The first-order chi connectivity index (χ1) is 16.9. The molecule has 1 N–H and O–H groups in total. The first-order valence-corrected chi connectivity index (χ1v) is 10.7. The predicted molar refractivity (Wildman–Crippen MR) is 126 cm³/mol. The predicted octanol–water partition coefficient (Wildman–Crippen LogP) is 3.92. The van der Waals surface area contributed by atoms with Gasteiger partial charge in [-0.25, -0.2) is 0 Å². The summed E-state index contributed by atoms with van der Waals surface area (Å²) >= 11 is 0. The molecule has 35 heavy (non-hydrogen) atoms. The quantitative estimate of drug-likeness (QED) is 0.297. The zero-order valence-electron chi connectivity index (χ0n) is 18.5. The van der Waals surface area contributed by atoms with Crippen LogP contribution in [-0.2, 0) is 19.1 Å². The molecule has 0 radical (unpaired) electrons.